The minimum atomic E-state index is -0.170. The van der Waals surface area contributed by atoms with Crippen LogP contribution in [0, 0.1) is 17.8 Å². The number of amidine groups is 1. The predicted molar refractivity (Wildman–Crippen MR) is 144 cm³/mol. The zero-order valence-electron chi connectivity index (χ0n) is 20.5. The van der Waals surface area contributed by atoms with E-state index in [2.05, 4.69) is 28.1 Å². The fraction of sp³-hybridized carbons (Fsp3) is 0.467. The Kier molecular flexibility index (Phi) is 5.51. The molecule has 0 unspecified atom stereocenters. The number of morpholine rings is 1. The maximum Gasteiger partial charge on any atom is 0.286 e. The van der Waals surface area contributed by atoms with Gasteiger partial charge in [0.15, 0.2) is 5.17 Å². The summed E-state index contributed by atoms with van der Waals surface area (Å²) in [6, 6.07) is 14.4. The molecule has 0 radical (unpaired) electrons. The van der Waals surface area contributed by atoms with Crippen LogP contribution in [0.25, 0.3) is 17.2 Å². The molecule has 1 amide bonds. The third-order valence-corrected chi connectivity index (χ3v) is 10.1. The largest absolute Gasteiger partial charge is 0.508 e. The van der Waals surface area contributed by atoms with Crippen molar-refractivity contribution in [2.24, 2.45) is 22.7 Å². The molecular formula is C30H32N2O3S. The van der Waals surface area contributed by atoms with E-state index in [1.165, 1.54) is 50.3 Å². The van der Waals surface area contributed by atoms with Crippen molar-refractivity contribution in [2.75, 3.05) is 26.3 Å². The van der Waals surface area contributed by atoms with Crippen LogP contribution in [0.2, 0.25) is 0 Å². The number of carbonyl (C=O) groups is 1. The molecule has 6 heteroatoms. The van der Waals surface area contributed by atoms with E-state index in [9.17, 15) is 9.90 Å². The first-order valence-electron chi connectivity index (χ1n) is 13.3. The third-order valence-electron chi connectivity index (χ3n) is 9.06. The van der Waals surface area contributed by atoms with E-state index in [1.807, 2.05) is 30.3 Å². The number of hydrogen-bond donors (Lipinski definition) is 1. The van der Waals surface area contributed by atoms with E-state index in [0.717, 1.165) is 58.3 Å². The molecule has 2 aromatic rings. The van der Waals surface area contributed by atoms with Gasteiger partial charge in [0.25, 0.3) is 5.91 Å². The van der Waals surface area contributed by atoms with Gasteiger partial charge in [-0.25, -0.2) is 0 Å². The number of thioether (sulfide) groups is 1. The van der Waals surface area contributed by atoms with Crippen LogP contribution in [-0.2, 0) is 14.9 Å². The highest BCUT2D eigenvalue weighted by molar-refractivity contribution is 8.18. The zero-order valence-corrected chi connectivity index (χ0v) is 21.3. The zero-order chi connectivity index (χ0) is 24.3. The number of phenolic OH excluding ortho intramolecular Hbond substituents is 1. The Morgan fingerprint density at radius 1 is 1.00 bits per heavy atom. The van der Waals surface area contributed by atoms with E-state index in [4.69, 9.17) is 4.74 Å². The van der Waals surface area contributed by atoms with Gasteiger partial charge < -0.3 is 14.7 Å². The van der Waals surface area contributed by atoms with Gasteiger partial charge in [-0.15, -0.1) is 0 Å². The Morgan fingerprint density at radius 2 is 1.69 bits per heavy atom. The molecule has 5 nitrogen and oxygen atoms in total. The van der Waals surface area contributed by atoms with Crippen LogP contribution in [-0.4, -0.2) is 47.4 Å². The van der Waals surface area contributed by atoms with Gasteiger partial charge in [0.05, 0.1) is 18.1 Å². The number of aromatic hydroxyl groups is 1. The molecule has 0 aromatic heterocycles. The number of aliphatic imine (C=N–C) groups is 1. The highest BCUT2D eigenvalue weighted by atomic mass is 32.2. The van der Waals surface area contributed by atoms with Gasteiger partial charge in [-0.2, -0.15) is 4.99 Å². The van der Waals surface area contributed by atoms with Crippen molar-refractivity contribution < 1.29 is 14.6 Å². The maximum absolute atomic E-state index is 12.8. The Hall–Kier alpha value is -2.57. The number of phenols is 1. The van der Waals surface area contributed by atoms with Gasteiger partial charge in [-0.3, -0.25) is 4.79 Å². The summed E-state index contributed by atoms with van der Waals surface area (Å²) >= 11 is 1.46. The van der Waals surface area contributed by atoms with Crippen LogP contribution >= 0.6 is 11.8 Å². The summed E-state index contributed by atoms with van der Waals surface area (Å²) in [6.07, 6.45) is 9.79. The van der Waals surface area contributed by atoms with Gasteiger partial charge in [0.2, 0.25) is 0 Å². The summed E-state index contributed by atoms with van der Waals surface area (Å²) in [6.45, 7) is 2.87. The fourth-order valence-corrected chi connectivity index (χ4v) is 8.84. The number of ether oxygens (including phenoxy) is 1. The smallest absolute Gasteiger partial charge is 0.286 e. The summed E-state index contributed by atoms with van der Waals surface area (Å²) in [5.74, 6) is 2.74. The summed E-state index contributed by atoms with van der Waals surface area (Å²) in [5, 5.41) is 11.8. The third kappa shape index (κ3) is 3.90. The van der Waals surface area contributed by atoms with Crippen LogP contribution < -0.4 is 0 Å². The van der Waals surface area contributed by atoms with Crippen LogP contribution in [0.1, 0.15) is 49.7 Å². The molecule has 1 saturated heterocycles. The molecule has 2 aliphatic heterocycles. The Bertz CT molecular complexity index is 1240. The van der Waals surface area contributed by atoms with Gasteiger partial charge in [-0.1, -0.05) is 30.3 Å². The molecule has 0 atom stereocenters. The van der Waals surface area contributed by atoms with Gasteiger partial charge in [0.1, 0.15) is 5.75 Å². The Labute approximate surface area is 216 Å². The number of hydrogen-bond acceptors (Lipinski definition) is 5. The summed E-state index contributed by atoms with van der Waals surface area (Å²) in [4.78, 5) is 19.9. The summed E-state index contributed by atoms with van der Waals surface area (Å²) in [5.41, 5.74) is 4.47. The fourth-order valence-electron chi connectivity index (χ4n) is 7.88. The molecule has 6 aliphatic rings. The molecule has 1 N–H and O–H groups in total. The van der Waals surface area contributed by atoms with Crippen molar-refractivity contribution in [3.63, 3.8) is 0 Å². The SMILES string of the molecule is O=C1N=C(N2CCOCC2)S/C1=C/c1ccccc1-c1ccc(O)c(C23CC4CC(CC(C4)C2)C3)c1. The monoisotopic (exact) mass is 500 g/mol. The van der Waals surface area contributed by atoms with E-state index < -0.39 is 0 Å². The molecule has 4 aliphatic carbocycles. The van der Waals surface area contributed by atoms with Crippen LogP contribution in [0.3, 0.4) is 0 Å². The maximum atomic E-state index is 12.8. The first-order valence-corrected chi connectivity index (χ1v) is 14.2. The molecule has 5 fully saturated rings. The molecule has 186 valence electrons. The molecule has 4 bridgehead atoms. The second-order valence-electron chi connectivity index (χ2n) is 11.4. The van der Waals surface area contributed by atoms with Crippen LogP contribution in [0.15, 0.2) is 52.4 Å². The van der Waals surface area contributed by atoms with E-state index in [0.29, 0.717) is 23.9 Å². The molecule has 2 heterocycles. The molecule has 0 spiro atoms. The first kappa shape index (κ1) is 22.6. The van der Waals surface area contributed by atoms with E-state index in [-0.39, 0.29) is 11.3 Å². The minimum absolute atomic E-state index is 0.125. The minimum Gasteiger partial charge on any atom is -0.508 e. The topological polar surface area (TPSA) is 62.1 Å². The average molecular weight is 501 g/mol. The van der Waals surface area contributed by atoms with Gasteiger partial charge in [0, 0.05) is 18.7 Å². The quantitative estimate of drug-likeness (QED) is 0.538. The van der Waals surface area contributed by atoms with Gasteiger partial charge in [-0.05, 0) is 108 Å². The van der Waals surface area contributed by atoms with E-state index >= 15 is 0 Å². The molecule has 36 heavy (non-hydrogen) atoms. The van der Waals surface area contributed by atoms with Crippen molar-refractivity contribution in [2.45, 2.75) is 43.9 Å². The lowest BCUT2D eigenvalue weighted by atomic mass is 9.48. The standard InChI is InChI=1S/C30H32N2O3S/c33-26-6-5-23(14-25(26)30-16-19-11-20(17-30)13-21(12-19)18-30)24-4-2-1-3-22(24)15-27-28(34)31-29(36-27)32-7-9-35-10-8-32/h1-6,14-15,19-21,33H,7-13,16-18H2/b27-15+. The molecule has 8 rings (SSSR count). The second kappa shape index (κ2) is 8.77. The van der Waals surface area contributed by atoms with Crippen LogP contribution in [0.4, 0.5) is 0 Å². The van der Waals surface area contributed by atoms with Gasteiger partial charge >= 0.3 is 0 Å². The highest BCUT2D eigenvalue weighted by Crippen LogP contribution is 2.62. The van der Waals surface area contributed by atoms with Crippen molar-refractivity contribution in [1.29, 1.82) is 0 Å². The average Bonchev–Trinajstić information content (AvgIpc) is 3.24. The lowest BCUT2D eigenvalue weighted by molar-refractivity contribution is -0.113. The van der Waals surface area contributed by atoms with E-state index in [1.54, 1.807) is 0 Å². The predicted octanol–water partition coefficient (Wildman–Crippen LogP) is 5.83. The van der Waals surface area contributed by atoms with Crippen molar-refractivity contribution in [3.8, 4) is 16.9 Å². The summed E-state index contributed by atoms with van der Waals surface area (Å²) in [7, 11) is 0. The first-order chi connectivity index (χ1) is 17.6. The lowest BCUT2D eigenvalue weighted by Crippen LogP contribution is -2.48. The number of rotatable bonds is 3. The molecule has 2 aromatic carbocycles. The Balaban J connectivity index is 1.21. The number of carbonyl (C=O) groups excluding carboxylic acids is 1. The Morgan fingerprint density at radius 3 is 2.42 bits per heavy atom. The number of amides is 1. The number of benzene rings is 2. The molecule has 4 saturated carbocycles. The normalized spacial score (nSPS) is 32.4. The summed E-state index contributed by atoms with van der Waals surface area (Å²) < 4.78 is 5.44. The van der Waals surface area contributed by atoms with Crippen molar-refractivity contribution in [3.05, 3.63) is 58.5 Å². The molecular weight excluding hydrogens is 468 g/mol. The lowest BCUT2D eigenvalue weighted by Gasteiger charge is -2.57. The van der Waals surface area contributed by atoms with Crippen LogP contribution in [0.5, 0.6) is 5.75 Å². The highest BCUT2D eigenvalue weighted by Gasteiger charge is 2.52. The van der Waals surface area contributed by atoms with Crippen molar-refractivity contribution >= 4 is 28.9 Å². The van der Waals surface area contributed by atoms with Crippen molar-refractivity contribution in [1.82, 2.24) is 4.90 Å². The second-order valence-corrected chi connectivity index (χ2v) is 12.4. The number of nitrogens with zero attached hydrogens (tertiary/aromatic N) is 2.